The summed E-state index contributed by atoms with van der Waals surface area (Å²) < 4.78 is 1.72. The maximum Gasteiger partial charge on any atom is 0.356 e. The van der Waals surface area contributed by atoms with Crippen LogP contribution in [0.4, 0.5) is 5.82 Å². The van der Waals surface area contributed by atoms with Crippen LogP contribution in [-0.2, 0) is 13.6 Å². The quantitative estimate of drug-likeness (QED) is 0.882. The van der Waals surface area contributed by atoms with Gasteiger partial charge in [0.2, 0.25) is 0 Å². The van der Waals surface area contributed by atoms with Gasteiger partial charge in [-0.3, -0.25) is 4.68 Å². The van der Waals surface area contributed by atoms with E-state index in [1.165, 1.54) is 6.07 Å². The molecular weight excluding hydrogens is 256 g/mol. The van der Waals surface area contributed by atoms with Gasteiger partial charge in [0.15, 0.2) is 5.69 Å². The van der Waals surface area contributed by atoms with Gasteiger partial charge in [-0.25, -0.2) is 9.78 Å². The van der Waals surface area contributed by atoms with Gasteiger partial charge in [-0.1, -0.05) is 11.6 Å². The molecule has 0 fully saturated rings. The van der Waals surface area contributed by atoms with E-state index in [9.17, 15) is 4.79 Å². The second-order valence-corrected chi connectivity index (χ2v) is 4.04. The number of anilines is 1. The maximum atomic E-state index is 10.9. The molecule has 94 valence electrons. The van der Waals surface area contributed by atoms with Crippen molar-refractivity contribution in [1.82, 2.24) is 14.8 Å². The van der Waals surface area contributed by atoms with E-state index in [2.05, 4.69) is 15.4 Å². The molecule has 0 saturated carbocycles. The normalized spacial score (nSPS) is 10.3. The second kappa shape index (κ2) is 5.05. The lowest BCUT2D eigenvalue weighted by Gasteiger charge is -2.07. The minimum Gasteiger partial charge on any atom is -0.476 e. The predicted molar refractivity (Wildman–Crippen MR) is 66.7 cm³/mol. The Morgan fingerprint density at radius 2 is 2.28 bits per heavy atom. The molecule has 0 aliphatic rings. The molecule has 0 aliphatic heterocycles. The zero-order chi connectivity index (χ0) is 13.1. The maximum absolute atomic E-state index is 10.9. The van der Waals surface area contributed by atoms with E-state index in [1.54, 1.807) is 16.9 Å². The summed E-state index contributed by atoms with van der Waals surface area (Å²) in [4.78, 5) is 14.8. The van der Waals surface area contributed by atoms with E-state index in [-0.39, 0.29) is 10.7 Å². The largest absolute Gasteiger partial charge is 0.476 e. The van der Waals surface area contributed by atoms with Crippen molar-refractivity contribution in [3.8, 4) is 0 Å². The Labute approximate surface area is 108 Å². The van der Waals surface area contributed by atoms with Gasteiger partial charge in [0.25, 0.3) is 0 Å². The fraction of sp³-hybridized carbons (Fsp3) is 0.182. The second-order valence-electron chi connectivity index (χ2n) is 3.63. The number of halogens is 1. The molecule has 0 bridgehead atoms. The number of carboxylic acid groups (broad SMARTS) is 1. The number of aromatic carboxylic acids is 1. The SMILES string of the molecule is Cn1nccc1CNc1ccc(Cl)c(C(=O)O)n1. The highest BCUT2D eigenvalue weighted by Crippen LogP contribution is 2.17. The van der Waals surface area contributed by atoms with Gasteiger partial charge in [-0.15, -0.1) is 0 Å². The third-order valence-corrected chi connectivity index (χ3v) is 2.73. The fourth-order valence-corrected chi connectivity index (χ4v) is 1.63. The first-order chi connectivity index (χ1) is 8.58. The van der Waals surface area contributed by atoms with E-state index in [1.807, 2.05) is 13.1 Å². The van der Waals surface area contributed by atoms with Crippen molar-refractivity contribution in [2.24, 2.45) is 7.05 Å². The first kappa shape index (κ1) is 12.4. The van der Waals surface area contributed by atoms with Crippen LogP contribution in [0.15, 0.2) is 24.4 Å². The van der Waals surface area contributed by atoms with Crippen LogP contribution >= 0.6 is 11.6 Å². The fourth-order valence-electron chi connectivity index (χ4n) is 1.45. The van der Waals surface area contributed by atoms with Gasteiger partial charge >= 0.3 is 5.97 Å². The molecule has 0 unspecified atom stereocenters. The van der Waals surface area contributed by atoms with Crippen LogP contribution in [-0.4, -0.2) is 25.8 Å². The molecule has 0 amide bonds. The highest BCUT2D eigenvalue weighted by molar-refractivity contribution is 6.33. The lowest BCUT2D eigenvalue weighted by Crippen LogP contribution is -2.09. The summed E-state index contributed by atoms with van der Waals surface area (Å²) in [6.07, 6.45) is 1.69. The summed E-state index contributed by atoms with van der Waals surface area (Å²) in [7, 11) is 1.83. The van der Waals surface area contributed by atoms with Crippen LogP contribution in [0.5, 0.6) is 0 Å². The monoisotopic (exact) mass is 266 g/mol. The average Bonchev–Trinajstić information content (AvgIpc) is 2.73. The van der Waals surface area contributed by atoms with E-state index in [4.69, 9.17) is 16.7 Å². The minimum atomic E-state index is -1.15. The Kier molecular flexibility index (Phi) is 3.47. The third-order valence-electron chi connectivity index (χ3n) is 2.42. The third kappa shape index (κ3) is 2.60. The molecule has 2 heterocycles. The summed E-state index contributed by atoms with van der Waals surface area (Å²) in [6, 6.07) is 5.00. The Morgan fingerprint density at radius 3 is 2.89 bits per heavy atom. The predicted octanol–water partition coefficient (Wildman–Crippen LogP) is 1.78. The molecule has 0 aliphatic carbocycles. The van der Waals surface area contributed by atoms with Crippen LogP contribution in [0.1, 0.15) is 16.2 Å². The molecule has 18 heavy (non-hydrogen) atoms. The Hall–Kier alpha value is -2.08. The van der Waals surface area contributed by atoms with Crippen LogP contribution in [0.2, 0.25) is 5.02 Å². The first-order valence-electron chi connectivity index (χ1n) is 5.18. The average molecular weight is 267 g/mol. The number of hydrogen-bond acceptors (Lipinski definition) is 4. The summed E-state index contributed by atoms with van der Waals surface area (Å²) in [5, 5.41) is 16.1. The lowest BCUT2D eigenvalue weighted by atomic mass is 10.3. The number of carboxylic acids is 1. The van der Waals surface area contributed by atoms with Gasteiger partial charge in [0.05, 0.1) is 17.3 Å². The molecule has 0 radical (unpaired) electrons. The Balaban J connectivity index is 2.13. The highest BCUT2D eigenvalue weighted by Gasteiger charge is 2.11. The van der Waals surface area contributed by atoms with Crippen molar-refractivity contribution < 1.29 is 9.90 Å². The molecule has 0 spiro atoms. The highest BCUT2D eigenvalue weighted by atomic mass is 35.5. The van der Waals surface area contributed by atoms with Crippen molar-refractivity contribution in [2.45, 2.75) is 6.54 Å². The van der Waals surface area contributed by atoms with Gasteiger partial charge in [0, 0.05) is 13.2 Å². The zero-order valence-corrected chi connectivity index (χ0v) is 10.3. The topological polar surface area (TPSA) is 80.0 Å². The van der Waals surface area contributed by atoms with Gasteiger partial charge in [-0.2, -0.15) is 5.10 Å². The number of pyridine rings is 1. The van der Waals surface area contributed by atoms with Crippen molar-refractivity contribution in [3.63, 3.8) is 0 Å². The molecule has 0 aromatic carbocycles. The van der Waals surface area contributed by atoms with E-state index >= 15 is 0 Å². The number of nitrogens with zero attached hydrogens (tertiary/aromatic N) is 3. The summed E-state index contributed by atoms with van der Waals surface area (Å²) in [5.74, 6) is -0.692. The Bertz CT molecular complexity index is 582. The van der Waals surface area contributed by atoms with Crippen molar-refractivity contribution in [3.05, 3.63) is 40.8 Å². The molecule has 2 aromatic heterocycles. The number of hydrogen-bond donors (Lipinski definition) is 2. The Morgan fingerprint density at radius 1 is 1.50 bits per heavy atom. The number of aryl methyl sites for hydroxylation is 1. The summed E-state index contributed by atoms with van der Waals surface area (Å²) in [5.41, 5.74) is 0.801. The number of nitrogens with one attached hydrogen (secondary N) is 1. The number of rotatable bonds is 4. The molecule has 6 nitrogen and oxygen atoms in total. The number of carbonyl (C=O) groups is 1. The van der Waals surface area contributed by atoms with E-state index in [0.717, 1.165) is 5.69 Å². The van der Waals surface area contributed by atoms with Crippen LogP contribution in [0, 0.1) is 0 Å². The smallest absolute Gasteiger partial charge is 0.356 e. The number of aromatic nitrogens is 3. The van der Waals surface area contributed by atoms with Crippen molar-refractivity contribution >= 4 is 23.4 Å². The van der Waals surface area contributed by atoms with E-state index in [0.29, 0.717) is 12.4 Å². The molecule has 0 atom stereocenters. The van der Waals surface area contributed by atoms with Gasteiger partial charge in [0.1, 0.15) is 5.82 Å². The molecule has 0 saturated heterocycles. The van der Waals surface area contributed by atoms with Crippen LogP contribution < -0.4 is 5.32 Å². The van der Waals surface area contributed by atoms with Crippen molar-refractivity contribution in [1.29, 1.82) is 0 Å². The molecule has 2 rings (SSSR count). The summed E-state index contributed by atoms with van der Waals surface area (Å²) >= 11 is 5.73. The standard InChI is InChI=1S/C11H11ClN4O2/c1-16-7(4-5-14-16)6-13-9-3-2-8(12)10(15-9)11(17)18/h2-5H,6H2,1H3,(H,13,15)(H,17,18). The van der Waals surface area contributed by atoms with Gasteiger partial charge in [-0.05, 0) is 18.2 Å². The first-order valence-corrected chi connectivity index (χ1v) is 5.56. The minimum absolute atomic E-state index is 0.119. The summed E-state index contributed by atoms with van der Waals surface area (Å²) in [6.45, 7) is 0.504. The molecule has 7 heteroatoms. The van der Waals surface area contributed by atoms with Crippen LogP contribution in [0.25, 0.3) is 0 Å². The van der Waals surface area contributed by atoms with Crippen molar-refractivity contribution in [2.75, 3.05) is 5.32 Å². The molecule has 2 aromatic rings. The lowest BCUT2D eigenvalue weighted by molar-refractivity contribution is 0.0691. The molecule has 2 N–H and O–H groups in total. The van der Waals surface area contributed by atoms with Crippen LogP contribution in [0.3, 0.4) is 0 Å². The molecular formula is C11H11ClN4O2. The zero-order valence-electron chi connectivity index (χ0n) is 9.59. The van der Waals surface area contributed by atoms with E-state index < -0.39 is 5.97 Å². The van der Waals surface area contributed by atoms with Gasteiger partial charge < -0.3 is 10.4 Å².